The Balaban J connectivity index is 2.41. The number of nitrogens with zero attached hydrogens (tertiary/aromatic N) is 2. The molecule has 1 aromatic rings. The number of nitrogens with two attached hydrogens (primary N) is 1. The van der Waals surface area contributed by atoms with Crippen LogP contribution in [0.15, 0.2) is 18.2 Å². The lowest BCUT2D eigenvalue weighted by Gasteiger charge is -2.26. The predicted molar refractivity (Wildman–Crippen MR) is 94.2 cm³/mol. The fourth-order valence-corrected chi connectivity index (χ4v) is 1.77. The Labute approximate surface area is 148 Å². The lowest BCUT2D eigenvalue weighted by Crippen LogP contribution is -2.40. The van der Waals surface area contributed by atoms with Crippen molar-refractivity contribution in [2.24, 2.45) is 0 Å². The Kier molecular flexibility index (Phi) is 6.90. The van der Waals surface area contributed by atoms with Crippen molar-refractivity contribution in [1.82, 2.24) is 9.80 Å². The van der Waals surface area contributed by atoms with E-state index in [2.05, 4.69) is 0 Å². The summed E-state index contributed by atoms with van der Waals surface area (Å²) in [6.45, 7) is 6.02. The summed E-state index contributed by atoms with van der Waals surface area (Å²) in [5, 5.41) is 9.36. The average Bonchev–Trinajstić information content (AvgIpc) is 2.51. The molecule has 0 heterocycles. The van der Waals surface area contributed by atoms with Gasteiger partial charge in [-0.3, -0.25) is 0 Å². The van der Waals surface area contributed by atoms with Crippen molar-refractivity contribution in [2.45, 2.75) is 33.0 Å². The molecule has 0 aromatic heterocycles. The summed E-state index contributed by atoms with van der Waals surface area (Å²) in [6.07, 6.45) is -0.974. The van der Waals surface area contributed by atoms with Gasteiger partial charge >= 0.3 is 12.2 Å². The maximum absolute atomic E-state index is 12.0. The summed E-state index contributed by atoms with van der Waals surface area (Å²) < 4.78 is 10.4. The Bertz CT molecular complexity index is 613. The van der Waals surface area contributed by atoms with Gasteiger partial charge in [0.25, 0.3) is 0 Å². The van der Waals surface area contributed by atoms with Gasteiger partial charge in [0.2, 0.25) is 0 Å². The van der Waals surface area contributed by atoms with Crippen LogP contribution >= 0.6 is 0 Å². The molecule has 140 valence electrons. The van der Waals surface area contributed by atoms with E-state index in [1.54, 1.807) is 47.0 Å². The van der Waals surface area contributed by atoms with E-state index in [9.17, 15) is 14.7 Å². The van der Waals surface area contributed by atoms with Crippen LogP contribution in [0.1, 0.15) is 26.3 Å². The highest BCUT2D eigenvalue weighted by atomic mass is 16.6. The Hall–Kier alpha value is -2.64. The van der Waals surface area contributed by atoms with Crippen molar-refractivity contribution in [1.29, 1.82) is 0 Å². The number of amides is 2. The largest absolute Gasteiger partial charge is 0.506 e. The minimum absolute atomic E-state index is 0.0163. The quantitative estimate of drug-likeness (QED) is 0.622. The summed E-state index contributed by atoms with van der Waals surface area (Å²) in [7, 11) is 3.18. The smallest absolute Gasteiger partial charge is 0.410 e. The van der Waals surface area contributed by atoms with Crippen LogP contribution in [0.2, 0.25) is 0 Å². The van der Waals surface area contributed by atoms with Gasteiger partial charge in [-0.1, -0.05) is 6.07 Å². The monoisotopic (exact) mass is 353 g/mol. The number of carbonyl (C=O) groups is 2. The van der Waals surface area contributed by atoms with Crippen molar-refractivity contribution in [3.63, 3.8) is 0 Å². The second kappa shape index (κ2) is 8.46. The number of ether oxygens (including phenoxy) is 2. The molecule has 25 heavy (non-hydrogen) atoms. The van der Waals surface area contributed by atoms with E-state index in [1.807, 2.05) is 0 Å². The van der Waals surface area contributed by atoms with Gasteiger partial charge in [0.1, 0.15) is 18.0 Å². The van der Waals surface area contributed by atoms with Gasteiger partial charge in [-0.15, -0.1) is 0 Å². The van der Waals surface area contributed by atoms with Gasteiger partial charge in [0, 0.05) is 27.2 Å². The van der Waals surface area contributed by atoms with Gasteiger partial charge in [0.05, 0.1) is 5.69 Å². The van der Waals surface area contributed by atoms with E-state index < -0.39 is 17.8 Å². The summed E-state index contributed by atoms with van der Waals surface area (Å²) >= 11 is 0. The first-order valence-electron chi connectivity index (χ1n) is 7.89. The van der Waals surface area contributed by atoms with Gasteiger partial charge in [-0.05, 0) is 38.5 Å². The number of hydrogen-bond acceptors (Lipinski definition) is 6. The van der Waals surface area contributed by atoms with Gasteiger partial charge in [-0.25, -0.2) is 9.59 Å². The third-order valence-corrected chi connectivity index (χ3v) is 3.24. The Morgan fingerprint density at radius 3 is 2.20 bits per heavy atom. The zero-order chi connectivity index (χ0) is 19.2. The molecule has 3 N–H and O–H groups in total. The summed E-state index contributed by atoms with van der Waals surface area (Å²) in [5.74, 6) is -0.0163. The van der Waals surface area contributed by atoms with Crippen molar-refractivity contribution in [2.75, 3.05) is 32.9 Å². The molecule has 0 atom stereocenters. The standard InChI is InChI=1S/C17H27N3O5/c1-17(2,3)25-16(23)20(5)9-8-19(4)15(22)24-11-12-6-7-14(21)13(18)10-12/h6-7,10,21H,8-9,11,18H2,1-5H3. The van der Waals surface area contributed by atoms with Crippen molar-refractivity contribution in [3.05, 3.63) is 23.8 Å². The van der Waals surface area contributed by atoms with Crippen LogP contribution in [0.5, 0.6) is 5.75 Å². The van der Waals surface area contributed by atoms with Crippen LogP contribution in [-0.2, 0) is 16.1 Å². The van der Waals surface area contributed by atoms with Gasteiger partial charge < -0.3 is 30.1 Å². The highest BCUT2D eigenvalue weighted by Gasteiger charge is 2.20. The number of aromatic hydroxyl groups is 1. The van der Waals surface area contributed by atoms with E-state index in [-0.39, 0.29) is 18.0 Å². The molecule has 8 heteroatoms. The number of carbonyl (C=O) groups excluding carboxylic acids is 2. The molecule has 0 saturated carbocycles. The Morgan fingerprint density at radius 1 is 1.12 bits per heavy atom. The van der Waals surface area contributed by atoms with Crippen LogP contribution in [0, 0.1) is 0 Å². The molecule has 2 amide bonds. The molecule has 1 aromatic carbocycles. The summed E-state index contributed by atoms with van der Waals surface area (Å²) in [4.78, 5) is 26.6. The van der Waals surface area contributed by atoms with E-state index in [0.717, 1.165) is 0 Å². The molecule has 0 saturated heterocycles. The fourth-order valence-electron chi connectivity index (χ4n) is 1.77. The van der Waals surface area contributed by atoms with Crippen LogP contribution in [-0.4, -0.2) is 59.9 Å². The third-order valence-electron chi connectivity index (χ3n) is 3.24. The first-order valence-corrected chi connectivity index (χ1v) is 7.89. The average molecular weight is 353 g/mol. The molecule has 0 radical (unpaired) electrons. The molecular formula is C17H27N3O5. The number of rotatable bonds is 5. The van der Waals surface area contributed by atoms with Crippen molar-refractivity contribution in [3.8, 4) is 5.75 Å². The first-order chi connectivity index (χ1) is 11.5. The first kappa shape index (κ1) is 20.4. The topological polar surface area (TPSA) is 105 Å². The molecule has 0 unspecified atom stereocenters. The molecule has 0 bridgehead atoms. The third kappa shape index (κ3) is 7.19. The van der Waals surface area contributed by atoms with E-state index >= 15 is 0 Å². The number of anilines is 1. The molecule has 0 aliphatic carbocycles. The summed E-state index contributed by atoms with van der Waals surface area (Å²) in [6, 6.07) is 4.60. The normalized spacial score (nSPS) is 10.9. The van der Waals surface area contributed by atoms with Crippen molar-refractivity contribution < 1.29 is 24.2 Å². The number of hydrogen-bond donors (Lipinski definition) is 2. The highest BCUT2D eigenvalue weighted by molar-refractivity contribution is 5.69. The minimum Gasteiger partial charge on any atom is -0.506 e. The number of benzene rings is 1. The second-order valence-corrected chi connectivity index (χ2v) is 6.77. The fraction of sp³-hybridized carbons (Fsp3) is 0.529. The molecule has 8 nitrogen and oxygen atoms in total. The molecular weight excluding hydrogens is 326 g/mol. The number of phenols is 1. The minimum atomic E-state index is -0.567. The van der Waals surface area contributed by atoms with E-state index in [4.69, 9.17) is 15.2 Å². The highest BCUT2D eigenvalue weighted by Crippen LogP contribution is 2.20. The van der Waals surface area contributed by atoms with E-state index in [0.29, 0.717) is 18.7 Å². The molecule has 0 aliphatic heterocycles. The van der Waals surface area contributed by atoms with Crippen LogP contribution in [0.4, 0.5) is 15.3 Å². The van der Waals surface area contributed by atoms with E-state index in [1.165, 1.54) is 15.9 Å². The van der Waals surface area contributed by atoms with Gasteiger partial charge in [0.15, 0.2) is 0 Å². The SMILES string of the molecule is CN(CCN(C)C(=O)OC(C)(C)C)C(=O)OCc1ccc(O)c(N)c1. The second-order valence-electron chi connectivity index (χ2n) is 6.77. The maximum Gasteiger partial charge on any atom is 0.410 e. The molecule has 0 spiro atoms. The van der Waals surface area contributed by atoms with Crippen LogP contribution in [0.3, 0.4) is 0 Å². The molecule has 1 rings (SSSR count). The van der Waals surface area contributed by atoms with Gasteiger partial charge in [-0.2, -0.15) is 0 Å². The van der Waals surface area contributed by atoms with Crippen LogP contribution < -0.4 is 5.73 Å². The summed E-state index contributed by atoms with van der Waals surface area (Å²) in [5.41, 5.74) is 5.91. The van der Waals surface area contributed by atoms with Crippen LogP contribution in [0.25, 0.3) is 0 Å². The number of likely N-dealkylation sites (N-methyl/N-ethyl adjacent to an activating group) is 2. The maximum atomic E-state index is 12.0. The molecule has 0 fully saturated rings. The lowest BCUT2D eigenvalue weighted by molar-refractivity contribution is 0.0281. The van der Waals surface area contributed by atoms with Crippen molar-refractivity contribution >= 4 is 17.9 Å². The lowest BCUT2D eigenvalue weighted by atomic mass is 10.2. The number of nitrogen functional groups attached to an aromatic ring is 1. The zero-order valence-corrected chi connectivity index (χ0v) is 15.4. The predicted octanol–water partition coefficient (Wildman–Crippen LogP) is 2.41. The number of phenolic OH excluding ortho intramolecular Hbond substituents is 1. The Morgan fingerprint density at radius 2 is 1.68 bits per heavy atom. The zero-order valence-electron chi connectivity index (χ0n) is 15.4. The molecule has 0 aliphatic rings.